The quantitative estimate of drug-likeness (QED) is 0.626. The molecule has 138 valence electrons. The average molecular weight is 371 g/mol. The summed E-state index contributed by atoms with van der Waals surface area (Å²) in [5.74, 6) is -2.34. The van der Waals surface area contributed by atoms with Crippen molar-refractivity contribution in [1.82, 2.24) is 5.32 Å². The second-order valence-electron chi connectivity index (χ2n) is 5.05. The fourth-order valence-corrected chi connectivity index (χ4v) is 1.86. The Kier molecular flexibility index (Phi) is 6.16. The summed E-state index contributed by atoms with van der Waals surface area (Å²) >= 11 is 0. The van der Waals surface area contributed by atoms with Crippen molar-refractivity contribution < 1.29 is 36.6 Å². The highest BCUT2D eigenvalue weighted by Crippen LogP contribution is 2.22. The van der Waals surface area contributed by atoms with Crippen molar-refractivity contribution in [3.05, 3.63) is 65.5 Å². The van der Waals surface area contributed by atoms with Gasteiger partial charge in [-0.3, -0.25) is 4.79 Å². The van der Waals surface area contributed by atoms with Gasteiger partial charge in [0.2, 0.25) is 0 Å². The zero-order valence-electron chi connectivity index (χ0n) is 13.2. The molecule has 5 nitrogen and oxygen atoms in total. The third-order valence-corrected chi connectivity index (χ3v) is 3.06. The van der Waals surface area contributed by atoms with Crippen LogP contribution in [0.2, 0.25) is 0 Å². The van der Waals surface area contributed by atoms with E-state index in [0.717, 1.165) is 24.3 Å². The summed E-state index contributed by atoms with van der Waals surface area (Å²) in [6.07, 6.45) is -4.83. The summed E-state index contributed by atoms with van der Waals surface area (Å²) in [5, 5.41) is 2.48. The molecule has 26 heavy (non-hydrogen) atoms. The van der Waals surface area contributed by atoms with Crippen LogP contribution in [-0.4, -0.2) is 24.8 Å². The maximum atomic E-state index is 12.8. The summed E-state index contributed by atoms with van der Waals surface area (Å²) in [7, 11) is 0. The number of amides is 1. The van der Waals surface area contributed by atoms with Gasteiger partial charge in [-0.15, -0.1) is 13.2 Å². The predicted octanol–water partition coefficient (Wildman–Crippen LogP) is 3.20. The molecule has 0 fully saturated rings. The standard InChI is InChI=1S/C17H13F4NO4/c18-13-5-1-11(2-6-13)9-22-15(23)10-25-16(24)12-3-7-14(8-4-12)26-17(19,20)21/h1-8H,9-10H2,(H,22,23). The molecule has 2 aromatic carbocycles. The van der Waals surface area contributed by atoms with Gasteiger partial charge in [0, 0.05) is 6.54 Å². The van der Waals surface area contributed by atoms with Gasteiger partial charge >= 0.3 is 12.3 Å². The van der Waals surface area contributed by atoms with Crippen LogP contribution in [0.3, 0.4) is 0 Å². The predicted molar refractivity (Wildman–Crippen MR) is 81.7 cm³/mol. The van der Waals surface area contributed by atoms with Crippen molar-refractivity contribution in [3.8, 4) is 5.75 Å². The molecule has 0 spiro atoms. The number of alkyl halides is 3. The van der Waals surface area contributed by atoms with E-state index in [-0.39, 0.29) is 12.1 Å². The molecule has 2 rings (SSSR count). The summed E-state index contributed by atoms with van der Waals surface area (Å²) in [5.41, 5.74) is 0.622. The molecule has 1 N–H and O–H groups in total. The van der Waals surface area contributed by atoms with Gasteiger partial charge in [0.15, 0.2) is 6.61 Å². The topological polar surface area (TPSA) is 64.6 Å². The van der Waals surface area contributed by atoms with E-state index in [1.807, 2.05) is 0 Å². The molecule has 1 amide bonds. The third-order valence-electron chi connectivity index (χ3n) is 3.06. The fraction of sp³-hybridized carbons (Fsp3) is 0.176. The summed E-state index contributed by atoms with van der Waals surface area (Å²) < 4.78 is 57.3. The van der Waals surface area contributed by atoms with E-state index in [2.05, 4.69) is 10.1 Å². The second-order valence-corrected chi connectivity index (χ2v) is 5.05. The monoisotopic (exact) mass is 371 g/mol. The SMILES string of the molecule is O=C(COC(=O)c1ccc(OC(F)(F)F)cc1)NCc1ccc(F)cc1. The Balaban J connectivity index is 1.78. The maximum absolute atomic E-state index is 12.8. The van der Waals surface area contributed by atoms with Gasteiger partial charge in [0.25, 0.3) is 5.91 Å². The van der Waals surface area contributed by atoms with E-state index in [1.165, 1.54) is 24.3 Å². The molecule has 0 bridgehead atoms. The maximum Gasteiger partial charge on any atom is 0.573 e. The molecule has 0 heterocycles. The summed E-state index contributed by atoms with van der Waals surface area (Å²) in [6.45, 7) is -0.443. The fourth-order valence-electron chi connectivity index (χ4n) is 1.86. The first kappa shape index (κ1) is 19.2. The number of benzene rings is 2. The van der Waals surface area contributed by atoms with Crippen LogP contribution in [0.5, 0.6) is 5.75 Å². The van der Waals surface area contributed by atoms with Crippen molar-refractivity contribution in [2.75, 3.05) is 6.61 Å². The molecule has 2 aromatic rings. The number of nitrogens with one attached hydrogen (secondary N) is 1. The van der Waals surface area contributed by atoms with Crippen molar-refractivity contribution in [3.63, 3.8) is 0 Å². The van der Waals surface area contributed by atoms with Gasteiger partial charge in [-0.1, -0.05) is 12.1 Å². The van der Waals surface area contributed by atoms with E-state index in [4.69, 9.17) is 4.74 Å². The molecule has 0 radical (unpaired) electrons. The Morgan fingerprint density at radius 1 is 0.962 bits per heavy atom. The van der Waals surface area contributed by atoms with Crippen LogP contribution in [0.25, 0.3) is 0 Å². The lowest BCUT2D eigenvalue weighted by Gasteiger charge is -2.09. The lowest BCUT2D eigenvalue weighted by atomic mass is 10.2. The third kappa shape index (κ3) is 6.42. The van der Waals surface area contributed by atoms with E-state index >= 15 is 0 Å². The first-order chi connectivity index (χ1) is 12.2. The minimum atomic E-state index is -4.83. The van der Waals surface area contributed by atoms with Crippen LogP contribution >= 0.6 is 0 Å². The van der Waals surface area contributed by atoms with Crippen molar-refractivity contribution in [1.29, 1.82) is 0 Å². The van der Waals surface area contributed by atoms with Gasteiger partial charge < -0.3 is 14.8 Å². The molecule has 0 atom stereocenters. The molecule has 0 aliphatic heterocycles. The van der Waals surface area contributed by atoms with Crippen molar-refractivity contribution >= 4 is 11.9 Å². The first-order valence-corrected chi connectivity index (χ1v) is 7.27. The van der Waals surface area contributed by atoms with Crippen molar-refractivity contribution in [2.24, 2.45) is 0 Å². The van der Waals surface area contributed by atoms with E-state index in [1.54, 1.807) is 0 Å². The minimum Gasteiger partial charge on any atom is -0.452 e. The molecule has 0 aliphatic carbocycles. The van der Waals surface area contributed by atoms with Crippen LogP contribution in [-0.2, 0) is 16.1 Å². The van der Waals surface area contributed by atoms with Gasteiger partial charge in [0.1, 0.15) is 11.6 Å². The first-order valence-electron chi connectivity index (χ1n) is 7.27. The van der Waals surface area contributed by atoms with Crippen LogP contribution in [0, 0.1) is 5.82 Å². The van der Waals surface area contributed by atoms with E-state index < -0.39 is 36.4 Å². The zero-order chi connectivity index (χ0) is 19.2. The molecule has 0 aromatic heterocycles. The Labute approximate surface area is 145 Å². The van der Waals surface area contributed by atoms with Gasteiger partial charge in [0.05, 0.1) is 5.56 Å². The van der Waals surface area contributed by atoms with Gasteiger partial charge in [-0.05, 0) is 42.0 Å². The molecular formula is C17H13F4NO4. The van der Waals surface area contributed by atoms with Crippen LogP contribution in [0.15, 0.2) is 48.5 Å². The lowest BCUT2D eigenvalue weighted by Crippen LogP contribution is -2.28. The van der Waals surface area contributed by atoms with Crippen LogP contribution in [0.4, 0.5) is 17.6 Å². The second kappa shape index (κ2) is 8.32. The Hall–Kier alpha value is -3.10. The van der Waals surface area contributed by atoms with E-state index in [9.17, 15) is 27.2 Å². The molecule has 0 saturated carbocycles. The number of carbonyl (C=O) groups is 2. The lowest BCUT2D eigenvalue weighted by molar-refractivity contribution is -0.274. The minimum absolute atomic E-state index is 0.0362. The number of rotatable bonds is 6. The van der Waals surface area contributed by atoms with E-state index in [0.29, 0.717) is 5.56 Å². The summed E-state index contributed by atoms with van der Waals surface area (Å²) in [6, 6.07) is 9.55. The molecule has 0 unspecified atom stereocenters. The number of hydrogen-bond acceptors (Lipinski definition) is 4. The zero-order valence-corrected chi connectivity index (χ0v) is 13.2. The number of halogens is 4. The largest absolute Gasteiger partial charge is 0.573 e. The average Bonchev–Trinajstić information content (AvgIpc) is 2.58. The number of esters is 1. The number of hydrogen-bond donors (Lipinski definition) is 1. The highest BCUT2D eigenvalue weighted by Gasteiger charge is 2.31. The smallest absolute Gasteiger partial charge is 0.452 e. The number of ether oxygens (including phenoxy) is 2. The Morgan fingerprint density at radius 3 is 2.15 bits per heavy atom. The highest BCUT2D eigenvalue weighted by atomic mass is 19.4. The molecular weight excluding hydrogens is 358 g/mol. The Morgan fingerprint density at radius 2 is 1.58 bits per heavy atom. The van der Waals surface area contributed by atoms with Gasteiger partial charge in [-0.2, -0.15) is 0 Å². The molecule has 0 saturated heterocycles. The van der Waals surface area contributed by atoms with Crippen LogP contribution < -0.4 is 10.1 Å². The van der Waals surface area contributed by atoms with Gasteiger partial charge in [-0.25, -0.2) is 9.18 Å². The summed E-state index contributed by atoms with van der Waals surface area (Å²) in [4.78, 5) is 23.4. The normalized spacial score (nSPS) is 10.9. The van der Waals surface area contributed by atoms with Crippen molar-refractivity contribution in [2.45, 2.75) is 12.9 Å². The number of carbonyl (C=O) groups excluding carboxylic acids is 2. The Bertz CT molecular complexity index is 758. The highest BCUT2D eigenvalue weighted by molar-refractivity contribution is 5.91. The molecule has 9 heteroatoms. The van der Waals surface area contributed by atoms with Crippen LogP contribution in [0.1, 0.15) is 15.9 Å². The molecule has 0 aliphatic rings.